The lowest BCUT2D eigenvalue weighted by atomic mass is 10.0. The first-order valence-corrected chi connectivity index (χ1v) is 9.88. The van der Waals surface area contributed by atoms with E-state index in [-0.39, 0.29) is 29.7 Å². The Labute approximate surface area is 162 Å². The molecule has 3 amide bonds. The average Bonchev–Trinajstić information content (AvgIpc) is 3.27. The van der Waals surface area contributed by atoms with Crippen LogP contribution in [0.15, 0.2) is 41.8 Å². The van der Waals surface area contributed by atoms with Crippen LogP contribution in [0, 0.1) is 5.92 Å². The summed E-state index contributed by atoms with van der Waals surface area (Å²) < 4.78 is 0. The molecule has 3 N–H and O–H groups in total. The molecule has 1 heterocycles. The summed E-state index contributed by atoms with van der Waals surface area (Å²) in [6.07, 6.45) is 2.03. The Kier molecular flexibility index (Phi) is 5.91. The van der Waals surface area contributed by atoms with Crippen molar-refractivity contribution in [2.75, 3.05) is 5.32 Å². The summed E-state index contributed by atoms with van der Waals surface area (Å²) in [7, 11) is 0. The largest absolute Gasteiger partial charge is 0.349 e. The first-order valence-electron chi connectivity index (χ1n) is 9.00. The Bertz CT molecular complexity index is 829. The molecule has 0 saturated heterocycles. The Morgan fingerprint density at radius 1 is 1.07 bits per heavy atom. The third kappa shape index (κ3) is 5.17. The molecule has 0 radical (unpaired) electrons. The van der Waals surface area contributed by atoms with Gasteiger partial charge in [0, 0.05) is 17.3 Å². The zero-order chi connectivity index (χ0) is 19.4. The van der Waals surface area contributed by atoms with E-state index in [1.807, 2.05) is 19.2 Å². The van der Waals surface area contributed by atoms with Crippen LogP contribution in [0.3, 0.4) is 0 Å². The molecule has 27 heavy (non-hydrogen) atoms. The predicted molar refractivity (Wildman–Crippen MR) is 106 cm³/mol. The van der Waals surface area contributed by atoms with E-state index in [9.17, 15) is 14.4 Å². The number of amides is 3. The van der Waals surface area contributed by atoms with Gasteiger partial charge in [-0.05, 0) is 48.4 Å². The van der Waals surface area contributed by atoms with Crippen LogP contribution in [0.4, 0.5) is 5.69 Å². The van der Waals surface area contributed by atoms with Crippen LogP contribution in [0.25, 0.3) is 0 Å². The van der Waals surface area contributed by atoms with E-state index in [0.717, 1.165) is 12.8 Å². The summed E-state index contributed by atoms with van der Waals surface area (Å²) in [6.45, 7) is 3.75. The Morgan fingerprint density at radius 2 is 1.85 bits per heavy atom. The van der Waals surface area contributed by atoms with Crippen LogP contribution in [-0.4, -0.2) is 29.8 Å². The molecule has 0 unspecified atom stereocenters. The fourth-order valence-corrected chi connectivity index (χ4v) is 3.24. The first-order chi connectivity index (χ1) is 12.9. The van der Waals surface area contributed by atoms with Crippen molar-refractivity contribution in [1.29, 1.82) is 0 Å². The molecule has 0 spiro atoms. The van der Waals surface area contributed by atoms with E-state index in [1.54, 1.807) is 36.4 Å². The maximum Gasteiger partial charge on any atom is 0.262 e. The van der Waals surface area contributed by atoms with Gasteiger partial charge in [0.05, 0.1) is 4.88 Å². The van der Waals surface area contributed by atoms with Gasteiger partial charge < -0.3 is 16.0 Å². The minimum Gasteiger partial charge on any atom is -0.349 e. The highest BCUT2D eigenvalue weighted by Crippen LogP contribution is 2.20. The van der Waals surface area contributed by atoms with Gasteiger partial charge in [-0.1, -0.05) is 26.0 Å². The van der Waals surface area contributed by atoms with Gasteiger partial charge in [-0.15, -0.1) is 11.3 Å². The normalized spacial score (nSPS) is 14.5. The van der Waals surface area contributed by atoms with E-state index >= 15 is 0 Å². The van der Waals surface area contributed by atoms with E-state index in [0.29, 0.717) is 16.1 Å². The van der Waals surface area contributed by atoms with Gasteiger partial charge in [-0.25, -0.2) is 0 Å². The second-order valence-electron chi connectivity index (χ2n) is 6.99. The second kappa shape index (κ2) is 8.35. The standard InChI is InChI=1S/C20H23N3O3S/c1-12(2)17(23-19(25)16-7-4-10-27-16)20(26)22-15-6-3-5-13(11-15)18(24)21-14-8-9-14/h3-7,10-12,14,17H,8-9H2,1-2H3,(H,21,24)(H,22,26)(H,23,25)/t17-/m0/s1. The van der Waals surface area contributed by atoms with Crippen molar-refractivity contribution in [3.63, 3.8) is 0 Å². The average molecular weight is 385 g/mol. The van der Waals surface area contributed by atoms with E-state index in [4.69, 9.17) is 0 Å². The molecule has 3 rings (SSSR count). The zero-order valence-electron chi connectivity index (χ0n) is 15.3. The Balaban J connectivity index is 1.66. The predicted octanol–water partition coefficient (Wildman–Crippen LogP) is 3.03. The summed E-state index contributed by atoms with van der Waals surface area (Å²) in [5.41, 5.74) is 1.03. The number of benzene rings is 1. The molecular weight excluding hydrogens is 362 g/mol. The Hall–Kier alpha value is -2.67. The van der Waals surface area contributed by atoms with Gasteiger partial charge in [-0.3, -0.25) is 14.4 Å². The van der Waals surface area contributed by atoms with Crippen LogP contribution < -0.4 is 16.0 Å². The SMILES string of the molecule is CC(C)[C@H](NC(=O)c1cccs1)C(=O)Nc1cccc(C(=O)NC2CC2)c1. The lowest BCUT2D eigenvalue weighted by molar-refractivity contribution is -0.118. The minimum atomic E-state index is -0.677. The number of nitrogens with one attached hydrogen (secondary N) is 3. The van der Waals surface area contributed by atoms with E-state index in [1.165, 1.54) is 11.3 Å². The van der Waals surface area contributed by atoms with Gasteiger partial charge in [0.15, 0.2) is 0 Å². The second-order valence-corrected chi connectivity index (χ2v) is 7.94. The third-order valence-electron chi connectivity index (χ3n) is 4.29. The van der Waals surface area contributed by atoms with Gasteiger partial charge in [-0.2, -0.15) is 0 Å². The number of thiophene rings is 1. The molecular formula is C20H23N3O3S. The maximum absolute atomic E-state index is 12.7. The molecule has 0 aliphatic heterocycles. The summed E-state index contributed by atoms with van der Waals surface area (Å²) in [4.78, 5) is 37.7. The molecule has 2 aromatic rings. The van der Waals surface area contributed by atoms with Crippen molar-refractivity contribution in [2.24, 2.45) is 5.92 Å². The molecule has 1 aromatic carbocycles. The number of hydrogen-bond donors (Lipinski definition) is 3. The van der Waals surface area contributed by atoms with E-state index in [2.05, 4.69) is 16.0 Å². The van der Waals surface area contributed by atoms with Crippen LogP contribution in [0.2, 0.25) is 0 Å². The van der Waals surface area contributed by atoms with Crippen molar-refractivity contribution in [3.8, 4) is 0 Å². The molecule has 1 aliphatic carbocycles. The number of carbonyl (C=O) groups excluding carboxylic acids is 3. The van der Waals surface area contributed by atoms with Crippen LogP contribution in [0.1, 0.15) is 46.7 Å². The van der Waals surface area contributed by atoms with Crippen LogP contribution in [-0.2, 0) is 4.79 Å². The molecule has 1 fully saturated rings. The van der Waals surface area contributed by atoms with Crippen LogP contribution >= 0.6 is 11.3 Å². The molecule has 1 aromatic heterocycles. The van der Waals surface area contributed by atoms with Crippen molar-refractivity contribution >= 4 is 34.7 Å². The molecule has 1 atom stereocenters. The number of hydrogen-bond acceptors (Lipinski definition) is 4. The number of carbonyl (C=O) groups is 3. The molecule has 1 saturated carbocycles. The van der Waals surface area contributed by atoms with Crippen LogP contribution in [0.5, 0.6) is 0 Å². The van der Waals surface area contributed by atoms with Gasteiger partial charge in [0.2, 0.25) is 5.91 Å². The first kappa shape index (κ1) is 19.1. The van der Waals surface area contributed by atoms with Gasteiger partial charge in [0.1, 0.15) is 6.04 Å². The van der Waals surface area contributed by atoms with Crippen molar-refractivity contribution in [1.82, 2.24) is 10.6 Å². The molecule has 142 valence electrons. The van der Waals surface area contributed by atoms with E-state index < -0.39 is 6.04 Å². The van der Waals surface area contributed by atoms with Gasteiger partial charge >= 0.3 is 0 Å². The van der Waals surface area contributed by atoms with Crippen molar-refractivity contribution in [2.45, 2.75) is 38.8 Å². The smallest absolute Gasteiger partial charge is 0.262 e. The highest BCUT2D eigenvalue weighted by molar-refractivity contribution is 7.12. The minimum absolute atomic E-state index is 0.0877. The summed E-state index contributed by atoms with van der Waals surface area (Å²) in [5, 5.41) is 10.3. The van der Waals surface area contributed by atoms with Crippen molar-refractivity contribution < 1.29 is 14.4 Å². The summed E-state index contributed by atoms with van der Waals surface area (Å²) >= 11 is 1.33. The highest BCUT2D eigenvalue weighted by Gasteiger charge is 2.26. The number of anilines is 1. The molecule has 0 bridgehead atoms. The lowest BCUT2D eigenvalue weighted by Gasteiger charge is -2.21. The fraction of sp³-hybridized carbons (Fsp3) is 0.350. The van der Waals surface area contributed by atoms with Crippen molar-refractivity contribution in [3.05, 3.63) is 52.2 Å². The number of rotatable bonds is 7. The monoisotopic (exact) mass is 385 g/mol. The summed E-state index contributed by atoms with van der Waals surface area (Å²) in [5.74, 6) is -0.804. The maximum atomic E-state index is 12.7. The lowest BCUT2D eigenvalue weighted by Crippen LogP contribution is -2.47. The summed E-state index contributed by atoms with van der Waals surface area (Å²) in [6, 6.07) is 9.92. The molecule has 7 heteroatoms. The fourth-order valence-electron chi connectivity index (χ4n) is 2.61. The topological polar surface area (TPSA) is 87.3 Å². The third-order valence-corrected chi connectivity index (χ3v) is 5.15. The molecule has 1 aliphatic rings. The quantitative estimate of drug-likeness (QED) is 0.685. The van der Waals surface area contributed by atoms with Gasteiger partial charge in [0.25, 0.3) is 11.8 Å². The zero-order valence-corrected chi connectivity index (χ0v) is 16.1. The Morgan fingerprint density at radius 3 is 2.48 bits per heavy atom. The highest BCUT2D eigenvalue weighted by atomic mass is 32.1. The molecule has 6 nitrogen and oxygen atoms in total.